The Labute approximate surface area is 139 Å². The molecule has 2 saturated heterocycles. The Morgan fingerprint density at radius 2 is 1.91 bits per heavy atom. The second kappa shape index (κ2) is 6.02. The Bertz CT molecular complexity index is 564. The van der Waals surface area contributed by atoms with Crippen LogP contribution in [0.15, 0.2) is 6.07 Å². The van der Waals surface area contributed by atoms with Gasteiger partial charge in [0.15, 0.2) is 0 Å². The van der Waals surface area contributed by atoms with Gasteiger partial charge in [0.2, 0.25) is 5.95 Å². The third-order valence-electron chi connectivity index (χ3n) is 4.89. The summed E-state index contributed by atoms with van der Waals surface area (Å²) in [6.07, 6.45) is 3.50. The summed E-state index contributed by atoms with van der Waals surface area (Å²) in [6.45, 7) is 13.6. The molecule has 0 radical (unpaired) electrons. The van der Waals surface area contributed by atoms with Crippen LogP contribution in [-0.4, -0.2) is 40.3 Å². The van der Waals surface area contributed by atoms with Crippen LogP contribution in [0.2, 0.25) is 0 Å². The van der Waals surface area contributed by atoms with Crippen LogP contribution in [0.3, 0.4) is 0 Å². The van der Waals surface area contributed by atoms with Crippen molar-refractivity contribution in [1.82, 2.24) is 15.3 Å². The summed E-state index contributed by atoms with van der Waals surface area (Å²) in [5.74, 6) is 0.890. The lowest BCUT2D eigenvalue weighted by molar-refractivity contribution is -0.0699. The minimum Gasteiger partial charge on any atom is -0.368 e. The largest absolute Gasteiger partial charge is 0.368 e. The van der Waals surface area contributed by atoms with E-state index >= 15 is 0 Å². The molecule has 1 aromatic heterocycles. The summed E-state index contributed by atoms with van der Waals surface area (Å²) >= 11 is 0. The van der Waals surface area contributed by atoms with Crippen LogP contribution >= 0.6 is 0 Å². The predicted molar refractivity (Wildman–Crippen MR) is 92.7 cm³/mol. The molecule has 3 rings (SSSR count). The third kappa shape index (κ3) is 3.83. The average molecular weight is 318 g/mol. The molecule has 0 amide bonds. The summed E-state index contributed by atoms with van der Waals surface area (Å²) < 4.78 is 6.16. The number of hydrogen-bond donors (Lipinski definition) is 1. The third-order valence-corrected chi connectivity index (χ3v) is 4.89. The van der Waals surface area contributed by atoms with Crippen LogP contribution < -0.4 is 10.2 Å². The lowest BCUT2D eigenvalue weighted by Gasteiger charge is -2.28. The Morgan fingerprint density at radius 1 is 1.22 bits per heavy atom. The summed E-state index contributed by atoms with van der Waals surface area (Å²) in [6, 6.07) is 2.42. The van der Waals surface area contributed by atoms with Crippen LogP contribution in [0, 0.1) is 6.92 Å². The van der Waals surface area contributed by atoms with E-state index in [-0.39, 0.29) is 11.2 Å². The zero-order valence-electron chi connectivity index (χ0n) is 15.1. The molecule has 128 valence electrons. The second-order valence-electron chi connectivity index (χ2n) is 8.10. The van der Waals surface area contributed by atoms with E-state index in [4.69, 9.17) is 9.72 Å². The van der Waals surface area contributed by atoms with E-state index in [0.717, 1.165) is 43.4 Å². The normalized spacial score (nSPS) is 26.0. The number of hydrogen-bond acceptors (Lipinski definition) is 5. The van der Waals surface area contributed by atoms with Gasteiger partial charge in [0.1, 0.15) is 0 Å². The van der Waals surface area contributed by atoms with E-state index in [2.05, 4.69) is 55.9 Å². The number of nitrogens with zero attached hydrogens (tertiary/aromatic N) is 3. The second-order valence-corrected chi connectivity index (χ2v) is 8.10. The van der Waals surface area contributed by atoms with E-state index in [1.54, 1.807) is 0 Å². The molecule has 1 atom stereocenters. The standard InChI is InChI=1S/C18H30N4O/c1-13-10-14(21-16(20-13)22-8-6-7-9-22)12-19-15-11-17(2,3)23-18(15,4)5/h10,15,19H,6-9,11-12H2,1-5H3. The molecule has 1 unspecified atom stereocenters. The van der Waals surface area contributed by atoms with E-state index < -0.39 is 0 Å². The molecule has 0 aromatic carbocycles. The Hall–Kier alpha value is -1.20. The van der Waals surface area contributed by atoms with Crippen molar-refractivity contribution in [3.63, 3.8) is 0 Å². The first-order valence-corrected chi connectivity index (χ1v) is 8.78. The van der Waals surface area contributed by atoms with Gasteiger partial charge in [0.05, 0.1) is 16.9 Å². The lowest BCUT2D eigenvalue weighted by atomic mass is 9.94. The zero-order valence-corrected chi connectivity index (χ0v) is 15.1. The molecule has 1 N–H and O–H groups in total. The predicted octanol–water partition coefficient (Wildman–Crippen LogP) is 2.82. The van der Waals surface area contributed by atoms with Crippen molar-refractivity contribution in [1.29, 1.82) is 0 Å². The molecule has 2 aliphatic heterocycles. The molecule has 0 spiro atoms. The molecule has 0 aliphatic carbocycles. The van der Waals surface area contributed by atoms with Gasteiger partial charge in [-0.2, -0.15) is 0 Å². The van der Waals surface area contributed by atoms with Gasteiger partial charge in [-0.25, -0.2) is 9.97 Å². The first-order chi connectivity index (χ1) is 10.8. The van der Waals surface area contributed by atoms with Crippen molar-refractivity contribution in [3.8, 4) is 0 Å². The molecule has 1 aromatic rings. The van der Waals surface area contributed by atoms with Crippen molar-refractivity contribution in [3.05, 3.63) is 17.5 Å². The van der Waals surface area contributed by atoms with Gasteiger partial charge >= 0.3 is 0 Å². The minimum absolute atomic E-state index is 0.0660. The number of anilines is 1. The molecule has 0 saturated carbocycles. The highest BCUT2D eigenvalue weighted by Gasteiger charge is 2.45. The summed E-state index contributed by atoms with van der Waals surface area (Å²) in [5.41, 5.74) is 1.90. The fraction of sp³-hybridized carbons (Fsp3) is 0.778. The van der Waals surface area contributed by atoms with E-state index in [1.165, 1.54) is 12.8 Å². The maximum Gasteiger partial charge on any atom is 0.225 e. The SMILES string of the molecule is Cc1cc(CNC2CC(C)(C)OC2(C)C)nc(N2CCCC2)n1. The molecule has 2 aliphatic rings. The van der Waals surface area contributed by atoms with Gasteiger partial charge < -0.3 is 15.0 Å². The van der Waals surface area contributed by atoms with Gasteiger partial charge in [0.25, 0.3) is 0 Å². The molecular weight excluding hydrogens is 288 g/mol. The average Bonchev–Trinajstić information content (AvgIpc) is 3.01. The van der Waals surface area contributed by atoms with Gasteiger partial charge in [0, 0.05) is 31.4 Å². The maximum atomic E-state index is 6.16. The highest BCUT2D eigenvalue weighted by Crippen LogP contribution is 2.37. The van der Waals surface area contributed by atoms with E-state index in [0.29, 0.717) is 6.04 Å². The fourth-order valence-corrected chi connectivity index (χ4v) is 3.87. The smallest absolute Gasteiger partial charge is 0.225 e. The van der Waals surface area contributed by atoms with Gasteiger partial charge in [-0.3, -0.25) is 0 Å². The Balaban J connectivity index is 1.68. The van der Waals surface area contributed by atoms with Crippen LogP contribution in [0.25, 0.3) is 0 Å². The van der Waals surface area contributed by atoms with Crippen LogP contribution in [0.4, 0.5) is 5.95 Å². The quantitative estimate of drug-likeness (QED) is 0.925. The molecule has 3 heterocycles. The first-order valence-electron chi connectivity index (χ1n) is 8.78. The van der Waals surface area contributed by atoms with Gasteiger partial charge in [-0.15, -0.1) is 0 Å². The lowest BCUT2D eigenvalue weighted by Crippen LogP contribution is -2.43. The highest BCUT2D eigenvalue weighted by molar-refractivity contribution is 5.33. The minimum atomic E-state index is -0.149. The summed E-state index contributed by atoms with van der Waals surface area (Å²) in [7, 11) is 0. The van der Waals surface area contributed by atoms with Crippen LogP contribution in [-0.2, 0) is 11.3 Å². The molecular formula is C18H30N4O. The van der Waals surface area contributed by atoms with Crippen molar-refractivity contribution in [2.75, 3.05) is 18.0 Å². The Kier molecular flexibility index (Phi) is 4.36. The number of ether oxygens (including phenoxy) is 1. The number of rotatable bonds is 4. The topological polar surface area (TPSA) is 50.3 Å². The zero-order chi connectivity index (χ0) is 16.7. The molecule has 5 nitrogen and oxygen atoms in total. The molecule has 0 bridgehead atoms. The summed E-state index contributed by atoms with van der Waals surface area (Å²) in [5, 5.41) is 3.66. The molecule has 23 heavy (non-hydrogen) atoms. The van der Waals surface area contributed by atoms with Crippen molar-refractivity contribution in [2.24, 2.45) is 0 Å². The fourth-order valence-electron chi connectivity index (χ4n) is 3.87. The van der Waals surface area contributed by atoms with Crippen molar-refractivity contribution < 1.29 is 4.74 Å². The van der Waals surface area contributed by atoms with E-state index in [9.17, 15) is 0 Å². The number of aromatic nitrogens is 2. The highest BCUT2D eigenvalue weighted by atomic mass is 16.5. The number of aryl methyl sites for hydroxylation is 1. The molecule has 2 fully saturated rings. The van der Waals surface area contributed by atoms with Gasteiger partial charge in [-0.05, 0) is 59.9 Å². The summed E-state index contributed by atoms with van der Waals surface area (Å²) in [4.78, 5) is 11.7. The number of nitrogens with one attached hydrogen (secondary N) is 1. The Morgan fingerprint density at radius 3 is 2.52 bits per heavy atom. The monoisotopic (exact) mass is 318 g/mol. The van der Waals surface area contributed by atoms with E-state index in [1.807, 2.05) is 0 Å². The first kappa shape index (κ1) is 16.7. The molecule has 5 heteroatoms. The van der Waals surface area contributed by atoms with Crippen LogP contribution in [0.5, 0.6) is 0 Å². The van der Waals surface area contributed by atoms with Crippen molar-refractivity contribution >= 4 is 5.95 Å². The van der Waals surface area contributed by atoms with Crippen LogP contribution in [0.1, 0.15) is 58.3 Å². The maximum absolute atomic E-state index is 6.16. The van der Waals surface area contributed by atoms with Gasteiger partial charge in [-0.1, -0.05) is 0 Å². The van der Waals surface area contributed by atoms with Crippen molar-refractivity contribution in [2.45, 2.75) is 77.7 Å².